The summed E-state index contributed by atoms with van der Waals surface area (Å²) in [5.74, 6) is 0. The van der Waals surface area contributed by atoms with Crippen LogP contribution in [0, 0.1) is 0 Å². The fourth-order valence-electron chi connectivity index (χ4n) is 1.71. The van der Waals surface area contributed by atoms with E-state index in [1.54, 1.807) is 0 Å². The van der Waals surface area contributed by atoms with Gasteiger partial charge in [0.25, 0.3) is 0 Å². The van der Waals surface area contributed by atoms with Gasteiger partial charge in [-0.1, -0.05) is 58.5 Å². The Balaban J connectivity index is 2.52. The predicted octanol–water partition coefficient (Wildman–Crippen LogP) is 5.85. The number of ether oxygens (including phenoxy) is 2. The van der Waals surface area contributed by atoms with E-state index in [1.807, 2.05) is 0 Å². The van der Waals surface area contributed by atoms with Crippen molar-refractivity contribution in [1.29, 1.82) is 0 Å². The van der Waals surface area contributed by atoms with Crippen molar-refractivity contribution in [2.45, 2.75) is 52.7 Å². The van der Waals surface area contributed by atoms with Crippen LogP contribution in [0.3, 0.4) is 0 Å². The lowest BCUT2D eigenvalue weighted by atomic mass is 10.1. The van der Waals surface area contributed by atoms with Crippen molar-refractivity contribution < 1.29 is 9.47 Å². The molecule has 1 aromatic rings. The summed E-state index contributed by atoms with van der Waals surface area (Å²) in [6.07, 6.45) is 4.56. The molecule has 0 fully saturated rings. The molecule has 0 radical (unpaired) electrons. The number of hydrogen-bond donors (Lipinski definition) is 0. The van der Waals surface area contributed by atoms with Crippen LogP contribution in [0.2, 0.25) is 0 Å². The van der Waals surface area contributed by atoms with Gasteiger partial charge in [-0.25, -0.2) is 0 Å². The lowest BCUT2D eigenvalue weighted by Gasteiger charge is -2.11. The molecule has 0 unspecified atom stereocenters. The topological polar surface area (TPSA) is 18.5 Å². The molecule has 0 spiro atoms. The van der Waals surface area contributed by atoms with Crippen LogP contribution < -0.4 is 0 Å². The van der Waals surface area contributed by atoms with Crippen LogP contribution in [0.4, 0.5) is 0 Å². The Hall–Kier alpha value is 0.1000. The second-order valence-corrected chi connectivity index (χ2v) is 6.56. The van der Waals surface area contributed by atoms with E-state index in [4.69, 9.17) is 9.47 Å². The second kappa shape index (κ2) is 10.8. The summed E-state index contributed by atoms with van der Waals surface area (Å²) in [6, 6.07) is 4.24. The molecule has 0 aliphatic heterocycles. The molecule has 0 saturated carbocycles. The summed E-state index contributed by atoms with van der Waals surface area (Å²) in [5.41, 5.74) is 2.34. The third kappa shape index (κ3) is 6.70. The molecule has 0 aliphatic carbocycles. The van der Waals surface area contributed by atoms with Crippen LogP contribution in [0.5, 0.6) is 0 Å². The van der Waals surface area contributed by atoms with E-state index in [2.05, 4.69) is 57.8 Å². The molecule has 20 heavy (non-hydrogen) atoms. The van der Waals surface area contributed by atoms with Gasteiger partial charge in [0.15, 0.2) is 0 Å². The van der Waals surface area contributed by atoms with Crippen molar-refractivity contribution >= 4 is 31.9 Å². The van der Waals surface area contributed by atoms with Gasteiger partial charge in [-0.2, -0.15) is 0 Å². The second-order valence-electron chi connectivity index (χ2n) is 4.85. The maximum Gasteiger partial charge on any atom is 0.0728 e. The lowest BCUT2D eigenvalue weighted by Crippen LogP contribution is -2.00. The van der Waals surface area contributed by atoms with Crippen molar-refractivity contribution in [1.82, 2.24) is 0 Å². The average molecular weight is 408 g/mol. The molecule has 0 heterocycles. The van der Waals surface area contributed by atoms with Crippen LogP contribution in [0.15, 0.2) is 21.1 Å². The zero-order valence-corrected chi connectivity index (χ0v) is 15.6. The first kappa shape index (κ1) is 18.1. The number of hydrogen-bond acceptors (Lipinski definition) is 2. The first-order chi connectivity index (χ1) is 9.69. The minimum atomic E-state index is 0.649. The number of halogens is 2. The summed E-state index contributed by atoms with van der Waals surface area (Å²) in [5, 5.41) is 0. The van der Waals surface area contributed by atoms with E-state index in [0.717, 1.165) is 35.0 Å². The molecule has 114 valence electrons. The fourth-order valence-corrected chi connectivity index (χ4v) is 2.72. The quantitative estimate of drug-likeness (QED) is 0.453. The summed E-state index contributed by atoms with van der Waals surface area (Å²) in [4.78, 5) is 0. The van der Waals surface area contributed by atoms with Gasteiger partial charge in [0.05, 0.1) is 13.2 Å². The summed E-state index contributed by atoms with van der Waals surface area (Å²) in [6.45, 7) is 7.28. The molecule has 1 rings (SSSR count). The van der Waals surface area contributed by atoms with Gasteiger partial charge in [0, 0.05) is 22.2 Å². The van der Waals surface area contributed by atoms with E-state index in [1.165, 1.54) is 24.0 Å². The maximum atomic E-state index is 5.67. The van der Waals surface area contributed by atoms with E-state index in [-0.39, 0.29) is 0 Å². The van der Waals surface area contributed by atoms with Gasteiger partial charge in [-0.05, 0) is 36.1 Å². The van der Waals surface area contributed by atoms with Crippen molar-refractivity contribution in [2.75, 3.05) is 13.2 Å². The van der Waals surface area contributed by atoms with E-state index < -0.39 is 0 Å². The van der Waals surface area contributed by atoms with Crippen molar-refractivity contribution in [3.05, 3.63) is 32.2 Å². The standard InChI is InChI=1S/C16H24Br2O2/c1-3-5-7-19-11-13-9-16(18)14(10-15(13)17)12-20-8-6-4-2/h9-10H,3-8,11-12H2,1-2H3. The zero-order chi connectivity index (χ0) is 14.8. The van der Waals surface area contributed by atoms with Crippen LogP contribution in [0.1, 0.15) is 50.7 Å². The largest absolute Gasteiger partial charge is 0.377 e. The molecule has 0 aliphatic rings. The molecule has 4 heteroatoms. The smallest absolute Gasteiger partial charge is 0.0728 e. The summed E-state index contributed by atoms with van der Waals surface area (Å²) >= 11 is 7.23. The Morgan fingerprint density at radius 1 is 0.800 bits per heavy atom. The van der Waals surface area contributed by atoms with Gasteiger partial charge < -0.3 is 9.47 Å². The zero-order valence-electron chi connectivity index (χ0n) is 12.4. The highest BCUT2D eigenvalue weighted by Gasteiger charge is 2.07. The van der Waals surface area contributed by atoms with Crippen molar-refractivity contribution in [2.24, 2.45) is 0 Å². The molecular formula is C16H24Br2O2. The van der Waals surface area contributed by atoms with Crippen LogP contribution in [-0.2, 0) is 22.7 Å². The van der Waals surface area contributed by atoms with Gasteiger partial charge in [0.2, 0.25) is 0 Å². The highest BCUT2D eigenvalue weighted by atomic mass is 79.9. The van der Waals surface area contributed by atoms with Crippen LogP contribution in [0.25, 0.3) is 0 Å². The Morgan fingerprint density at radius 2 is 1.20 bits per heavy atom. The first-order valence-electron chi connectivity index (χ1n) is 7.31. The van der Waals surface area contributed by atoms with Gasteiger partial charge >= 0.3 is 0 Å². The molecule has 0 amide bonds. The minimum Gasteiger partial charge on any atom is -0.377 e. The number of rotatable bonds is 10. The number of benzene rings is 1. The molecule has 1 aromatic carbocycles. The summed E-state index contributed by atoms with van der Waals surface area (Å²) < 4.78 is 13.5. The van der Waals surface area contributed by atoms with Gasteiger partial charge in [0.1, 0.15) is 0 Å². The third-order valence-electron chi connectivity index (χ3n) is 3.02. The maximum absolute atomic E-state index is 5.67. The Labute approximate surface area is 139 Å². The molecule has 0 saturated heterocycles. The minimum absolute atomic E-state index is 0.649. The van der Waals surface area contributed by atoms with Crippen LogP contribution in [-0.4, -0.2) is 13.2 Å². The SMILES string of the molecule is CCCCOCc1cc(Br)c(COCCCC)cc1Br. The summed E-state index contributed by atoms with van der Waals surface area (Å²) in [7, 11) is 0. The molecule has 0 atom stereocenters. The van der Waals surface area contributed by atoms with E-state index in [0.29, 0.717) is 13.2 Å². The Morgan fingerprint density at radius 3 is 1.55 bits per heavy atom. The average Bonchev–Trinajstić information content (AvgIpc) is 2.44. The molecule has 0 aromatic heterocycles. The Kier molecular flexibility index (Phi) is 9.78. The first-order valence-corrected chi connectivity index (χ1v) is 8.89. The highest BCUT2D eigenvalue weighted by molar-refractivity contribution is 9.11. The lowest BCUT2D eigenvalue weighted by molar-refractivity contribution is 0.115. The van der Waals surface area contributed by atoms with Crippen molar-refractivity contribution in [3.8, 4) is 0 Å². The molecular weight excluding hydrogens is 384 g/mol. The molecule has 0 N–H and O–H groups in total. The third-order valence-corrected chi connectivity index (χ3v) is 4.49. The monoisotopic (exact) mass is 406 g/mol. The number of unbranched alkanes of at least 4 members (excludes halogenated alkanes) is 2. The van der Waals surface area contributed by atoms with E-state index >= 15 is 0 Å². The van der Waals surface area contributed by atoms with Gasteiger partial charge in [-0.3, -0.25) is 0 Å². The predicted molar refractivity (Wildman–Crippen MR) is 91.0 cm³/mol. The highest BCUT2D eigenvalue weighted by Crippen LogP contribution is 2.27. The van der Waals surface area contributed by atoms with Crippen LogP contribution >= 0.6 is 31.9 Å². The molecule has 2 nitrogen and oxygen atoms in total. The van der Waals surface area contributed by atoms with Gasteiger partial charge in [-0.15, -0.1) is 0 Å². The fraction of sp³-hybridized carbons (Fsp3) is 0.625. The Bertz CT molecular complexity index is 357. The van der Waals surface area contributed by atoms with E-state index in [9.17, 15) is 0 Å². The normalized spacial score (nSPS) is 11.0. The van der Waals surface area contributed by atoms with Crippen molar-refractivity contribution in [3.63, 3.8) is 0 Å². The molecule has 0 bridgehead atoms.